The van der Waals surface area contributed by atoms with E-state index in [1.54, 1.807) is 21.3 Å². The summed E-state index contributed by atoms with van der Waals surface area (Å²) in [6, 6.07) is 63.0. The molecule has 6 heteroatoms. The third-order valence-corrected chi connectivity index (χ3v) is 12.2. The molecule has 0 bridgehead atoms. The number of nitrogens with zero attached hydrogens (tertiary/aromatic N) is 3. The molecule has 11 rings (SSSR count). The van der Waals surface area contributed by atoms with Crippen LogP contribution < -0.4 is 0 Å². The summed E-state index contributed by atoms with van der Waals surface area (Å²) >= 11 is 0. The number of pyridine rings is 1. The first-order chi connectivity index (χ1) is 30.2. The molecule has 0 saturated heterocycles. The van der Waals surface area contributed by atoms with Crippen LogP contribution in [0.3, 0.4) is 0 Å². The highest BCUT2D eigenvalue weighted by Gasteiger charge is 2.39. The molecule has 11 aromatic rings. The molecule has 0 aliphatic heterocycles. The molecular weight excluding hydrogens is 772 g/mol. The Balaban J connectivity index is 1.26. The van der Waals surface area contributed by atoms with Crippen molar-refractivity contribution in [1.82, 2.24) is 14.1 Å². The van der Waals surface area contributed by atoms with Crippen LogP contribution in [0.5, 0.6) is 0 Å². The van der Waals surface area contributed by atoms with Crippen molar-refractivity contribution in [3.63, 3.8) is 0 Å². The predicted molar refractivity (Wildman–Crippen MR) is 249 cm³/mol. The molecule has 0 amide bonds. The van der Waals surface area contributed by atoms with E-state index in [2.05, 4.69) is 50.2 Å². The second-order valence-electron chi connectivity index (χ2n) is 16.0. The number of alkyl halides is 3. The normalized spacial score (nSPS) is 12.0. The lowest BCUT2D eigenvalue weighted by Gasteiger charge is -2.23. The predicted octanol–water partition coefficient (Wildman–Crippen LogP) is 15.6. The highest BCUT2D eigenvalue weighted by molar-refractivity contribution is 6.12. The summed E-state index contributed by atoms with van der Waals surface area (Å²) in [6.07, 6.45) is -4.78. The van der Waals surface area contributed by atoms with Gasteiger partial charge in [0.25, 0.3) is 0 Å². The molecule has 0 radical (unpaired) electrons. The summed E-state index contributed by atoms with van der Waals surface area (Å²) < 4.78 is 53.2. The number of para-hydroxylation sites is 2. The van der Waals surface area contributed by atoms with Crippen molar-refractivity contribution in [2.45, 2.75) is 20.0 Å². The molecule has 0 aliphatic carbocycles. The summed E-state index contributed by atoms with van der Waals surface area (Å²) in [5.74, 6) is 0. The number of fused-ring (bicyclic) bond motifs is 6. The summed E-state index contributed by atoms with van der Waals surface area (Å²) in [5, 5.41) is 3.46. The zero-order valence-corrected chi connectivity index (χ0v) is 34.0. The molecular formula is C56H38F3N3. The molecule has 0 fully saturated rings. The maximum atomic E-state index is 16.5. The number of hydrogen-bond donors (Lipinski definition) is 0. The largest absolute Gasteiger partial charge is 0.420 e. The van der Waals surface area contributed by atoms with Crippen LogP contribution in [0.1, 0.15) is 16.7 Å². The Hall–Kier alpha value is -7.70. The maximum absolute atomic E-state index is 16.5. The molecule has 0 saturated carbocycles. The molecule has 3 nitrogen and oxygen atoms in total. The third kappa shape index (κ3) is 6.09. The summed E-state index contributed by atoms with van der Waals surface area (Å²) in [7, 11) is 0. The minimum absolute atomic E-state index is 0.0224. The quantitative estimate of drug-likeness (QED) is 0.164. The Morgan fingerprint density at radius 1 is 0.371 bits per heavy atom. The van der Waals surface area contributed by atoms with Crippen molar-refractivity contribution in [2.24, 2.45) is 0 Å². The molecule has 0 N–H and O–H groups in total. The second kappa shape index (κ2) is 14.5. The van der Waals surface area contributed by atoms with E-state index in [0.717, 1.165) is 66.2 Å². The Labute approximate surface area is 356 Å². The number of halogens is 3. The van der Waals surface area contributed by atoms with Crippen LogP contribution in [0.25, 0.3) is 99.8 Å². The van der Waals surface area contributed by atoms with Gasteiger partial charge in [0.2, 0.25) is 0 Å². The zero-order valence-electron chi connectivity index (χ0n) is 34.0. The lowest BCUT2D eigenvalue weighted by molar-refractivity contribution is -0.137. The summed E-state index contributed by atoms with van der Waals surface area (Å²) in [4.78, 5) is 5.11. The molecule has 8 aromatic carbocycles. The van der Waals surface area contributed by atoms with Gasteiger partial charge in [-0.15, -0.1) is 0 Å². The second-order valence-corrected chi connectivity index (χ2v) is 16.0. The lowest BCUT2D eigenvalue weighted by atomic mass is 9.98. The SMILES string of the molecule is Cc1ccccc1-c1ccc2c(c1)c1ccccc1n2-c1cc(-c2cccc(-c3ccccc3)n2)cc(-n2c3ccccc3c3cc(-c4ccccc4C)ccc32)c1C(F)(F)F. The lowest BCUT2D eigenvalue weighted by Crippen LogP contribution is -2.16. The van der Waals surface area contributed by atoms with E-state index in [0.29, 0.717) is 33.3 Å². The summed E-state index contributed by atoms with van der Waals surface area (Å²) in [6.45, 7) is 4.15. The first-order valence-electron chi connectivity index (χ1n) is 20.7. The van der Waals surface area contributed by atoms with Gasteiger partial charge in [0, 0.05) is 32.7 Å². The van der Waals surface area contributed by atoms with Gasteiger partial charge >= 0.3 is 6.18 Å². The van der Waals surface area contributed by atoms with Crippen LogP contribution >= 0.6 is 0 Å². The fourth-order valence-corrected chi connectivity index (χ4v) is 9.36. The molecule has 0 unspecified atom stereocenters. The average molecular weight is 810 g/mol. The van der Waals surface area contributed by atoms with Crippen molar-refractivity contribution in [1.29, 1.82) is 0 Å². The Bertz CT molecular complexity index is 3350. The van der Waals surface area contributed by atoms with E-state index >= 15 is 13.2 Å². The highest BCUT2D eigenvalue weighted by atomic mass is 19.4. The third-order valence-electron chi connectivity index (χ3n) is 12.2. The number of aromatic nitrogens is 3. The first kappa shape index (κ1) is 37.3. The molecule has 62 heavy (non-hydrogen) atoms. The number of hydrogen-bond acceptors (Lipinski definition) is 1. The van der Waals surface area contributed by atoms with Crippen LogP contribution in [0.15, 0.2) is 194 Å². The maximum Gasteiger partial charge on any atom is 0.420 e. The van der Waals surface area contributed by atoms with Gasteiger partial charge in [-0.3, -0.25) is 0 Å². The van der Waals surface area contributed by atoms with E-state index < -0.39 is 11.7 Å². The van der Waals surface area contributed by atoms with Crippen molar-refractivity contribution in [3.05, 3.63) is 211 Å². The monoisotopic (exact) mass is 809 g/mol. The van der Waals surface area contributed by atoms with Gasteiger partial charge in [-0.2, -0.15) is 13.2 Å². The van der Waals surface area contributed by atoms with Crippen molar-refractivity contribution in [2.75, 3.05) is 0 Å². The molecule has 0 aliphatic rings. The van der Waals surface area contributed by atoms with E-state index in [4.69, 9.17) is 4.98 Å². The van der Waals surface area contributed by atoms with Gasteiger partial charge in [-0.25, -0.2) is 4.98 Å². The fourth-order valence-electron chi connectivity index (χ4n) is 9.36. The number of aryl methyl sites for hydroxylation is 2. The number of rotatable bonds is 6. The van der Waals surface area contributed by atoms with Gasteiger partial charge in [0.1, 0.15) is 5.56 Å². The van der Waals surface area contributed by atoms with Gasteiger partial charge in [0.15, 0.2) is 0 Å². The smallest absolute Gasteiger partial charge is 0.309 e. The van der Waals surface area contributed by atoms with Crippen LogP contribution in [0.2, 0.25) is 0 Å². The van der Waals surface area contributed by atoms with Gasteiger partial charge in [-0.05, 0) is 108 Å². The average Bonchev–Trinajstić information content (AvgIpc) is 3.81. The minimum Gasteiger partial charge on any atom is -0.309 e. The zero-order chi connectivity index (χ0) is 42.1. The van der Waals surface area contributed by atoms with Gasteiger partial charge in [0.05, 0.1) is 44.8 Å². The van der Waals surface area contributed by atoms with Crippen molar-refractivity contribution in [3.8, 4) is 56.1 Å². The van der Waals surface area contributed by atoms with E-state index in [1.807, 2.05) is 146 Å². The van der Waals surface area contributed by atoms with Crippen LogP contribution in [-0.4, -0.2) is 14.1 Å². The molecule has 3 aromatic heterocycles. The molecule has 0 atom stereocenters. The Morgan fingerprint density at radius 3 is 1.31 bits per heavy atom. The van der Waals surface area contributed by atoms with Gasteiger partial charge < -0.3 is 9.13 Å². The topological polar surface area (TPSA) is 22.8 Å². The van der Waals surface area contributed by atoms with Crippen molar-refractivity contribution < 1.29 is 13.2 Å². The molecule has 298 valence electrons. The van der Waals surface area contributed by atoms with Crippen LogP contribution in [-0.2, 0) is 6.18 Å². The molecule has 3 heterocycles. The van der Waals surface area contributed by atoms with Gasteiger partial charge in [-0.1, -0.05) is 133 Å². The fraction of sp³-hybridized carbons (Fsp3) is 0.0536. The standard InChI is InChI=1S/C56H38F3N3/c1-35-15-6-8-19-41(35)38-27-29-51-45(31-38)43-21-10-12-25-49(43)61(51)53-33-40(48-24-14-23-47(60-48)37-17-4-3-5-18-37)34-54(55(53)56(57,58)59)62-50-26-13-11-22-44(50)46-32-39(28-30-52(46)62)42-20-9-7-16-36(42)2/h3-34H,1-2H3. The van der Waals surface area contributed by atoms with Crippen LogP contribution in [0, 0.1) is 13.8 Å². The minimum atomic E-state index is -4.78. The summed E-state index contributed by atoms with van der Waals surface area (Å²) in [5.41, 5.74) is 11.2. The first-order valence-corrected chi connectivity index (χ1v) is 20.7. The van der Waals surface area contributed by atoms with E-state index in [-0.39, 0.29) is 11.4 Å². The molecule has 0 spiro atoms. The van der Waals surface area contributed by atoms with E-state index in [1.165, 1.54) is 0 Å². The van der Waals surface area contributed by atoms with Crippen LogP contribution in [0.4, 0.5) is 13.2 Å². The highest BCUT2D eigenvalue weighted by Crippen LogP contribution is 2.47. The van der Waals surface area contributed by atoms with Crippen molar-refractivity contribution >= 4 is 43.6 Å². The Kier molecular flexibility index (Phi) is 8.72. The number of benzene rings is 8. The Morgan fingerprint density at radius 2 is 0.806 bits per heavy atom. The van der Waals surface area contributed by atoms with E-state index in [9.17, 15) is 0 Å².